The first-order valence-corrected chi connectivity index (χ1v) is 6.48. The summed E-state index contributed by atoms with van der Waals surface area (Å²) in [6, 6.07) is 0.154. The largest absolute Gasteiger partial charge is 0.481 e. The molecule has 1 N–H and O–H groups in total. The lowest BCUT2D eigenvalue weighted by molar-refractivity contribution is -0.147. The van der Waals surface area contributed by atoms with Crippen LogP contribution in [0.15, 0.2) is 0 Å². The summed E-state index contributed by atoms with van der Waals surface area (Å²) in [7, 11) is 0. The smallest absolute Gasteiger partial charge is 0.308 e. The Balaban J connectivity index is 1.97. The maximum Gasteiger partial charge on any atom is 0.308 e. The standard InChI is InChI=1S/C13H18N2O2/c1-8-14-10-4-2-3-5-12(10)15(8)11-7-6-9(11)13(16)17/h9,11H,2-7H2,1H3,(H,16,17). The second-order valence-corrected chi connectivity index (χ2v) is 5.22. The van der Waals surface area contributed by atoms with Crippen molar-refractivity contribution >= 4 is 5.97 Å². The molecule has 0 aromatic carbocycles. The predicted octanol–water partition coefficient (Wildman–Crippen LogP) is 2.11. The Hall–Kier alpha value is -1.32. The van der Waals surface area contributed by atoms with E-state index in [-0.39, 0.29) is 12.0 Å². The van der Waals surface area contributed by atoms with Crippen molar-refractivity contribution in [3.8, 4) is 0 Å². The van der Waals surface area contributed by atoms with Crippen LogP contribution < -0.4 is 0 Å². The van der Waals surface area contributed by atoms with Crippen molar-refractivity contribution in [3.05, 3.63) is 17.2 Å². The molecule has 1 aromatic heterocycles. The molecule has 2 atom stereocenters. The molecule has 2 unspecified atom stereocenters. The summed E-state index contributed by atoms with van der Waals surface area (Å²) >= 11 is 0. The van der Waals surface area contributed by atoms with Gasteiger partial charge in [0.05, 0.1) is 11.6 Å². The second-order valence-electron chi connectivity index (χ2n) is 5.22. The van der Waals surface area contributed by atoms with E-state index in [9.17, 15) is 4.79 Å². The Morgan fingerprint density at radius 2 is 2.12 bits per heavy atom. The van der Waals surface area contributed by atoms with Crippen molar-refractivity contribution in [2.45, 2.75) is 51.5 Å². The van der Waals surface area contributed by atoms with Gasteiger partial charge in [-0.25, -0.2) is 4.98 Å². The number of hydrogen-bond acceptors (Lipinski definition) is 2. The van der Waals surface area contributed by atoms with E-state index in [0.29, 0.717) is 0 Å². The number of fused-ring (bicyclic) bond motifs is 1. The first-order valence-electron chi connectivity index (χ1n) is 6.48. The number of aromatic nitrogens is 2. The third kappa shape index (κ3) is 1.58. The number of hydrogen-bond donors (Lipinski definition) is 1. The van der Waals surface area contributed by atoms with Gasteiger partial charge in [-0.05, 0) is 45.4 Å². The molecule has 0 saturated heterocycles. The third-order valence-electron chi connectivity index (χ3n) is 4.23. The van der Waals surface area contributed by atoms with Crippen molar-refractivity contribution in [2.75, 3.05) is 0 Å². The van der Waals surface area contributed by atoms with Crippen LogP contribution in [0.25, 0.3) is 0 Å². The summed E-state index contributed by atoms with van der Waals surface area (Å²) < 4.78 is 2.22. The zero-order valence-corrected chi connectivity index (χ0v) is 10.1. The quantitative estimate of drug-likeness (QED) is 0.852. The summed E-state index contributed by atoms with van der Waals surface area (Å²) in [4.78, 5) is 15.8. The highest BCUT2D eigenvalue weighted by Gasteiger charge is 2.40. The van der Waals surface area contributed by atoms with Gasteiger partial charge in [0.2, 0.25) is 0 Å². The van der Waals surface area contributed by atoms with Crippen LogP contribution in [0.2, 0.25) is 0 Å². The van der Waals surface area contributed by atoms with Crippen LogP contribution in [0, 0.1) is 12.8 Å². The number of carboxylic acid groups (broad SMARTS) is 1. The Labute approximate surface area is 101 Å². The second kappa shape index (κ2) is 3.86. The van der Waals surface area contributed by atoms with E-state index in [1.807, 2.05) is 6.92 Å². The van der Waals surface area contributed by atoms with Crippen LogP contribution in [0.5, 0.6) is 0 Å². The first kappa shape index (κ1) is 10.8. The molecule has 2 aliphatic carbocycles. The molecule has 0 spiro atoms. The van der Waals surface area contributed by atoms with Crippen LogP contribution in [0.1, 0.15) is 48.9 Å². The fraction of sp³-hybridized carbons (Fsp3) is 0.692. The van der Waals surface area contributed by atoms with Gasteiger partial charge < -0.3 is 9.67 Å². The lowest BCUT2D eigenvalue weighted by Crippen LogP contribution is -2.36. The number of aryl methyl sites for hydroxylation is 2. The van der Waals surface area contributed by atoms with Crippen LogP contribution in [0.4, 0.5) is 0 Å². The Bertz CT molecular complexity index is 464. The Kier molecular flexibility index (Phi) is 2.45. The van der Waals surface area contributed by atoms with E-state index in [2.05, 4.69) is 9.55 Å². The maximum atomic E-state index is 11.1. The third-order valence-corrected chi connectivity index (χ3v) is 4.23. The molecule has 2 aliphatic rings. The molecule has 4 nitrogen and oxygen atoms in total. The minimum atomic E-state index is -0.654. The monoisotopic (exact) mass is 234 g/mol. The minimum absolute atomic E-state index is 0.154. The van der Waals surface area contributed by atoms with Gasteiger partial charge in [-0.1, -0.05) is 0 Å². The summed E-state index contributed by atoms with van der Waals surface area (Å²) in [5, 5.41) is 9.16. The molecule has 1 aromatic rings. The normalized spacial score (nSPS) is 27.4. The topological polar surface area (TPSA) is 55.1 Å². The summed E-state index contributed by atoms with van der Waals surface area (Å²) in [6.45, 7) is 2.01. The highest BCUT2D eigenvalue weighted by atomic mass is 16.4. The van der Waals surface area contributed by atoms with E-state index >= 15 is 0 Å². The van der Waals surface area contributed by atoms with Gasteiger partial charge >= 0.3 is 5.97 Å². The van der Waals surface area contributed by atoms with E-state index in [1.54, 1.807) is 0 Å². The van der Waals surface area contributed by atoms with E-state index < -0.39 is 5.97 Å². The van der Waals surface area contributed by atoms with Gasteiger partial charge in [0.1, 0.15) is 5.82 Å². The number of aliphatic carboxylic acids is 1. The lowest BCUT2D eigenvalue weighted by atomic mass is 9.79. The Morgan fingerprint density at radius 3 is 2.76 bits per heavy atom. The van der Waals surface area contributed by atoms with Crippen LogP contribution in [-0.2, 0) is 17.6 Å². The molecule has 0 radical (unpaired) electrons. The number of imidazole rings is 1. The summed E-state index contributed by atoms with van der Waals surface area (Å²) in [6.07, 6.45) is 6.36. The molecule has 1 heterocycles. The SMILES string of the molecule is Cc1nc2c(n1C1CCC1C(=O)O)CCCC2. The molecule has 92 valence electrons. The van der Waals surface area contributed by atoms with Crippen molar-refractivity contribution in [2.24, 2.45) is 5.92 Å². The summed E-state index contributed by atoms with van der Waals surface area (Å²) in [5.41, 5.74) is 2.52. The van der Waals surface area contributed by atoms with Crippen molar-refractivity contribution in [3.63, 3.8) is 0 Å². The molecule has 1 fully saturated rings. The Morgan fingerprint density at radius 1 is 1.35 bits per heavy atom. The van der Waals surface area contributed by atoms with Gasteiger partial charge in [-0.2, -0.15) is 0 Å². The van der Waals surface area contributed by atoms with E-state index in [0.717, 1.165) is 31.5 Å². The number of rotatable bonds is 2. The number of carbonyl (C=O) groups is 1. The average Bonchev–Trinajstić information content (AvgIpc) is 2.54. The van der Waals surface area contributed by atoms with Gasteiger partial charge in [0.25, 0.3) is 0 Å². The fourth-order valence-electron chi connectivity index (χ4n) is 3.22. The van der Waals surface area contributed by atoms with Crippen molar-refractivity contribution < 1.29 is 9.90 Å². The average molecular weight is 234 g/mol. The molecular weight excluding hydrogens is 216 g/mol. The maximum absolute atomic E-state index is 11.1. The zero-order valence-electron chi connectivity index (χ0n) is 10.1. The van der Waals surface area contributed by atoms with Crippen molar-refractivity contribution in [1.29, 1.82) is 0 Å². The predicted molar refractivity (Wildman–Crippen MR) is 63.0 cm³/mol. The molecule has 1 saturated carbocycles. The van der Waals surface area contributed by atoms with Gasteiger partial charge in [0, 0.05) is 11.7 Å². The molecule has 0 aliphatic heterocycles. The molecule has 0 bridgehead atoms. The van der Waals surface area contributed by atoms with E-state index in [1.165, 1.54) is 24.2 Å². The van der Waals surface area contributed by atoms with E-state index in [4.69, 9.17) is 5.11 Å². The van der Waals surface area contributed by atoms with Gasteiger partial charge in [0.15, 0.2) is 0 Å². The minimum Gasteiger partial charge on any atom is -0.481 e. The lowest BCUT2D eigenvalue weighted by Gasteiger charge is -2.36. The van der Waals surface area contributed by atoms with Crippen LogP contribution >= 0.6 is 0 Å². The van der Waals surface area contributed by atoms with Crippen LogP contribution in [-0.4, -0.2) is 20.6 Å². The zero-order chi connectivity index (χ0) is 12.0. The number of carboxylic acids is 1. The van der Waals surface area contributed by atoms with Crippen molar-refractivity contribution in [1.82, 2.24) is 9.55 Å². The number of nitrogens with zero attached hydrogens (tertiary/aromatic N) is 2. The highest BCUT2D eigenvalue weighted by Crippen LogP contribution is 2.41. The molecular formula is C13H18N2O2. The highest BCUT2D eigenvalue weighted by molar-refractivity contribution is 5.71. The first-order chi connectivity index (χ1) is 8.18. The molecule has 0 amide bonds. The molecule has 17 heavy (non-hydrogen) atoms. The van der Waals surface area contributed by atoms with Crippen LogP contribution in [0.3, 0.4) is 0 Å². The van der Waals surface area contributed by atoms with Gasteiger partial charge in [-0.3, -0.25) is 4.79 Å². The summed E-state index contributed by atoms with van der Waals surface area (Å²) in [5.74, 6) is 0.153. The molecule has 3 rings (SSSR count). The fourth-order valence-corrected chi connectivity index (χ4v) is 3.22. The molecule has 4 heteroatoms. The van der Waals surface area contributed by atoms with Gasteiger partial charge in [-0.15, -0.1) is 0 Å².